The Morgan fingerprint density at radius 1 is 1.27 bits per heavy atom. The van der Waals surface area contributed by atoms with Crippen molar-refractivity contribution in [1.82, 2.24) is 10.2 Å². The molecular formula is C13H28N2. The van der Waals surface area contributed by atoms with Gasteiger partial charge in [-0.1, -0.05) is 6.92 Å². The first kappa shape index (κ1) is 13.0. The van der Waals surface area contributed by atoms with Gasteiger partial charge in [0.05, 0.1) is 0 Å². The molecule has 0 aromatic heterocycles. The van der Waals surface area contributed by atoms with Gasteiger partial charge in [-0.15, -0.1) is 0 Å². The van der Waals surface area contributed by atoms with E-state index in [2.05, 4.69) is 44.8 Å². The number of likely N-dealkylation sites (tertiary alicyclic amines) is 1. The number of rotatable bonds is 4. The van der Waals surface area contributed by atoms with Gasteiger partial charge in [-0.2, -0.15) is 0 Å². The molecule has 1 aliphatic rings. The molecule has 0 aromatic carbocycles. The standard InChI is InChI=1S/C13H28N2/c1-11-9-12(2)15(10-11)8-6-7-14-13(3,4)5/h11-12,14H,6-10H2,1-5H3. The Balaban J connectivity index is 2.10. The molecule has 1 fully saturated rings. The largest absolute Gasteiger partial charge is 0.312 e. The average Bonchev–Trinajstić information content (AvgIpc) is 2.37. The number of hydrogen-bond donors (Lipinski definition) is 1. The summed E-state index contributed by atoms with van der Waals surface area (Å²) >= 11 is 0. The van der Waals surface area contributed by atoms with Gasteiger partial charge in [0.1, 0.15) is 0 Å². The molecule has 1 N–H and O–H groups in total. The smallest absolute Gasteiger partial charge is 0.00965 e. The minimum Gasteiger partial charge on any atom is -0.312 e. The Hall–Kier alpha value is -0.0800. The highest BCUT2D eigenvalue weighted by atomic mass is 15.2. The predicted molar refractivity (Wildman–Crippen MR) is 67.2 cm³/mol. The van der Waals surface area contributed by atoms with Crippen molar-refractivity contribution in [3.8, 4) is 0 Å². The molecule has 0 spiro atoms. The van der Waals surface area contributed by atoms with Crippen molar-refractivity contribution in [2.45, 2.75) is 59.0 Å². The lowest BCUT2D eigenvalue weighted by Gasteiger charge is -2.24. The van der Waals surface area contributed by atoms with Crippen LogP contribution < -0.4 is 5.32 Å². The summed E-state index contributed by atoms with van der Waals surface area (Å²) in [5.74, 6) is 0.899. The van der Waals surface area contributed by atoms with Crippen LogP contribution in [0.5, 0.6) is 0 Å². The molecule has 1 heterocycles. The molecule has 2 heteroatoms. The van der Waals surface area contributed by atoms with Crippen molar-refractivity contribution in [3.63, 3.8) is 0 Å². The third-order valence-electron chi connectivity index (χ3n) is 3.19. The highest BCUT2D eigenvalue weighted by Gasteiger charge is 2.25. The third kappa shape index (κ3) is 4.98. The Bertz CT molecular complexity index is 183. The van der Waals surface area contributed by atoms with E-state index in [1.54, 1.807) is 0 Å². The van der Waals surface area contributed by atoms with Crippen LogP contribution >= 0.6 is 0 Å². The van der Waals surface area contributed by atoms with E-state index in [4.69, 9.17) is 0 Å². The maximum Gasteiger partial charge on any atom is 0.00965 e. The lowest BCUT2D eigenvalue weighted by atomic mass is 10.1. The van der Waals surface area contributed by atoms with E-state index in [-0.39, 0.29) is 5.54 Å². The van der Waals surface area contributed by atoms with Gasteiger partial charge >= 0.3 is 0 Å². The van der Waals surface area contributed by atoms with Crippen molar-refractivity contribution in [1.29, 1.82) is 0 Å². The van der Waals surface area contributed by atoms with Gasteiger partial charge in [0.2, 0.25) is 0 Å². The lowest BCUT2D eigenvalue weighted by Crippen LogP contribution is -2.38. The molecule has 2 nitrogen and oxygen atoms in total. The van der Waals surface area contributed by atoms with Crippen LogP contribution in [0.2, 0.25) is 0 Å². The number of nitrogens with one attached hydrogen (secondary N) is 1. The molecule has 0 bridgehead atoms. The zero-order valence-electron chi connectivity index (χ0n) is 11.1. The number of nitrogens with zero attached hydrogens (tertiary/aromatic N) is 1. The van der Waals surface area contributed by atoms with E-state index in [1.165, 1.54) is 25.9 Å². The van der Waals surface area contributed by atoms with E-state index in [0.717, 1.165) is 18.5 Å². The third-order valence-corrected chi connectivity index (χ3v) is 3.19. The molecule has 0 aliphatic carbocycles. The van der Waals surface area contributed by atoms with Crippen LogP contribution in [0.1, 0.15) is 47.5 Å². The van der Waals surface area contributed by atoms with Crippen molar-refractivity contribution < 1.29 is 0 Å². The average molecular weight is 212 g/mol. The van der Waals surface area contributed by atoms with Crippen LogP contribution in [0.3, 0.4) is 0 Å². The van der Waals surface area contributed by atoms with Crippen molar-refractivity contribution >= 4 is 0 Å². The fraction of sp³-hybridized carbons (Fsp3) is 1.00. The summed E-state index contributed by atoms with van der Waals surface area (Å²) in [7, 11) is 0. The molecule has 2 atom stereocenters. The molecule has 0 saturated carbocycles. The van der Waals surface area contributed by atoms with Gasteiger partial charge in [-0.3, -0.25) is 0 Å². The van der Waals surface area contributed by atoms with E-state index < -0.39 is 0 Å². The summed E-state index contributed by atoms with van der Waals surface area (Å²) in [5, 5.41) is 3.55. The van der Waals surface area contributed by atoms with Crippen molar-refractivity contribution in [2.24, 2.45) is 5.92 Å². The van der Waals surface area contributed by atoms with Crippen LogP contribution in [0.25, 0.3) is 0 Å². The van der Waals surface area contributed by atoms with Gasteiger partial charge < -0.3 is 10.2 Å². The zero-order chi connectivity index (χ0) is 11.5. The van der Waals surface area contributed by atoms with E-state index >= 15 is 0 Å². The summed E-state index contributed by atoms with van der Waals surface area (Å²) in [4.78, 5) is 2.63. The van der Waals surface area contributed by atoms with Crippen LogP contribution in [0.4, 0.5) is 0 Å². The van der Waals surface area contributed by atoms with Crippen LogP contribution in [-0.4, -0.2) is 36.1 Å². The second-order valence-corrected chi connectivity index (χ2v) is 6.22. The highest BCUT2D eigenvalue weighted by Crippen LogP contribution is 2.21. The Morgan fingerprint density at radius 3 is 2.40 bits per heavy atom. The quantitative estimate of drug-likeness (QED) is 0.720. The SMILES string of the molecule is CC1CC(C)N(CCCNC(C)(C)C)C1. The maximum absolute atomic E-state index is 3.55. The lowest BCUT2D eigenvalue weighted by molar-refractivity contribution is 0.256. The topological polar surface area (TPSA) is 15.3 Å². The van der Waals surface area contributed by atoms with Gasteiger partial charge in [0.15, 0.2) is 0 Å². The fourth-order valence-electron chi connectivity index (χ4n) is 2.44. The van der Waals surface area contributed by atoms with Gasteiger partial charge in [-0.25, -0.2) is 0 Å². The summed E-state index contributed by atoms with van der Waals surface area (Å²) in [6, 6.07) is 0.801. The van der Waals surface area contributed by atoms with Crippen LogP contribution in [0.15, 0.2) is 0 Å². The summed E-state index contributed by atoms with van der Waals surface area (Å²) in [6.07, 6.45) is 2.65. The Morgan fingerprint density at radius 2 is 1.93 bits per heavy atom. The molecule has 0 radical (unpaired) electrons. The highest BCUT2D eigenvalue weighted by molar-refractivity contribution is 4.80. The summed E-state index contributed by atoms with van der Waals surface area (Å²) in [6.45, 7) is 15.1. The van der Waals surface area contributed by atoms with E-state index in [1.807, 2.05) is 0 Å². The van der Waals surface area contributed by atoms with Gasteiger partial charge in [-0.05, 0) is 59.5 Å². The molecule has 1 rings (SSSR count). The second kappa shape index (κ2) is 5.31. The first-order valence-corrected chi connectivity index (χ1v) is 6.37. The number of hydrogen-bond acceptors (Lipinski definition) is 2. The fourth-order valence-corrected chi connectivity index (χ4v) is 2.44. The first-order valence-electron chi connectivity index (χ1n) is 6.37. The zero-order valence-corrected chi connectivity index (χ0v) is 11.1. The molecule has 0 aromatic rings. The molecule has 90 valence electrons. The second-order valence-electron chi connectivity index (χ2n) is 6.22. The minimum atomic E-state index is 0.268. The van der Waals surface area contributed by atoms with Crippen LogP contribution in [-0.2, 0) is 0 Å². The van der Waals surface area contributed by atoms with Gasteiger partial charge in [0, 0.05) is 18.1 Å². The molecule has 15 heavy (non-hydrogen) atoms. The van der Waals surface area contributed by atoms with Crippen LogP contribution in [0, 0.1) is 5.92 Å². The molecular weight excluding hydrogens is 184 g/mol. The monoisotopic (exact) mass is 212 g/mol. The van der Waals surface area contributed by atoms with Gasteiger partial charge in [0.25, 0.3) is 0 Å². The normalized spacial score (nSPS) is 28.6. The van der Waals surface area contributed by atoms with Crippen molar-refractivity contribution in [3.05, 3.63) is 0 Å². The summed E-state index contributed by atoms with van der Waals surface area (Å²) < 4.78 is 0. The maximum atomic E-state index is 3.55. The molecule has 1 saturated heterocycles. The molecule has 0 amide bonds. The van der Waals surface area contributed by atoms with Crippen molar-refractivity contribution in [2.75, 3.05) is 19.6 Å². The molecule has 2 unspecified atom stereocenters. The Kier molecular flexibility index (Phi) is 4.60. The first-order chi connectivity index (χ1) is 6.88. The van der Waals surface area contributed by atoms with E-state index in [0.29, 0.717) is 0 Å². The molecule has 1 aliphatic heterocycles. The predicted octanol–water partition coefficient (Wildman–Crippen LogP) is 2.49. The minimum absolute atomic E-state index is 0.268. The Labute approximate surface area is 95.4 Å². The van der Waals surface area contributed by atoms with E-state index in [9.17, 15) is 0 Å². The summed E-state index contributed by atoms with van der Waals surface area (Å²) in [5.41, 5.74) is 0.268.